The third-order valence-electron chi connectivity index (χ3n) is 1.26. The second-order valence-electron chi connectivity index (χ2n) is 2.74. The molecule has 0 saturated heterocycles. The van der Waals surface area contributed by atoms with Gasteiger partial charge in [-0.05, 0) is 26.0 Å². The Morgan fingerprint density at radius 3 is 2.33 bits per heavy atom. The lowest BCUT2D eigenvalue weighted by atomic mass is 10.3. The maximum Gasteiger partial charge on any atom is 0.121 e. The number of hydrogen-bond acceptors (Lipinski definition) is 1. The molecule has 1 rings (SSSR count). The Bertz CT molecular complexity index is 271. The molecular weight excluding hydrogens is 195 g/mol. The summed E-state index contributed by atoms with van der Waals surface area (Å²) in [6.07, 6.45) is 0.155. The first-order valence-corrected chi connectivity index (χ1v) is 4.47. The van der Waals surface area contributed by atoms with E-state index in [-0.39, 0.29) is 6.10 Å². The van der Waals surface area contributed by atoms with Gasteiger partial charge in [-0.1, -0.05) is 23.2 Å². The lowest BCUT2D eigenvalue weighted by molar-refractivity contribution is 0.242. The first-order chi connectivity index (χ1) is 5.59. The molecule has 0 unspecified atom stereocenters. The smallest absolute Gasteiger partial charge is 0.121 e. The van der Waals surface area contributed by atoms with Crippen LogP contribution in [0.2, 0.25) is 10.0 Å². The normalized spacial score (nSPS) is 10.4. The van der Waals surface area contributed by atoms with Gasteiger partial charge in [0.2, 0.25) is 0 Å². The van der Waals surface area contributed by atoms with Crippen molar-refractivity contribution in [2.45, 2.75) is 20.0 Å². The van der Waals surface area contributed by atoms with E-state index in [1.807, 2.05) is 13.8 Å². The molecular formula is C9H10Cl2O. The van der Waals surface area contributed by atoms with Gasteiger partial charge in [-0.3, -0.25) is 0 Å². The number of hydrogen-bond donors (Lipinski definition) is 0. The summed E-state index contributed by atoms with van der Waals surface area (Å²) in [4.78, 5) is 0. The monoisotopic (exact) mass is 204 g/mol. The standard InChI is InChI=1S/C9H10Cl2O/c1-6(2)12-7-3-4-8(10)9(11)5-7/h3-6H,1-2H3. The highest BCUT2D eigenvalue weighted by molar-refractivity contribution is 6.42. The quantitative estimate of drug-likeness (QED) is 0.713. The van der Waals surface area contributed by atoms with E-state index < -0.39 is 0 Å². The van der Waals surface area contributed by atoms with Crippen LogP contribution in [0.25, 0.3) is 0 Å². The molecule has 0 saturated carbocycles. The van der Waals surface area contributed by atoms with E-state index in [1.165, 1.54) is 0 Å². The summed E-state index contributed by atoms with van der Waals surface area (Å²) < 4.78 is 5.41. The van der Waals surface area contributed by atoms with Gasteiger partial charge in [0, 0.05) is 6.07 Å². The SMILES string of the molecule is CC(C)Oc1ccc(Cl)c(Cl)c1. The number of ether oxygens (including phenoxy) is 1. The van der Waals surface area contributed by atoms with Crippen LogP contribution >= 0.6 is 23.2 Å². The lowest BCUT2D eigenvalue weighted by Gasteiger charge is -2.09. The summed E-state index contributed by atoms with van der Waals surface area (Å²) >= 11 is 11.5. The van der Waals surface area contributed by atoms with E-state index in [1.54, 1.807) is 18.2 Å². The van der Waals surface area contributed by atoms with E-state index in [0.29, 0.717) is 10.0 Å². The van der Waals surface area contributed by atoms with Gasteiger partial charge in [-0.25, -0.2) is 0 Å². The molecule has 0 bridgehead atoms. The molecule has 0 N–H and O–H groups in total. The van der Waals surface area contributed by atoms with Crippen LogP contribution in [0.5, 0.6) is 5.75 Å². The van der Waals surface area contributed by atoms with Crippen molar-refractivity contribution < 1.29 is 4.74 Å². The van der Waals surface area contributed by atoms with Crippen molar-refractivity contribution in [1.29, 1.82) is 0 Å². The van der Waals surface area contributed by atoms with Gasteiger partial charge in [0.15, 0.2) is 0 Å². The predicted octanol–water partition coefficient (Wildman–Crippen LogP) is 3.78. The van der Waals surface area contributed by atoms with Crippen molar-refractivity contribution in [2.75, 3.05) is 0 Å². The van der Waals surface area contributed by atoms with Crippen LogP contribution in [0.3, 0.4) is 0 Å². The van der Waals surface area contributed by atoms with E-state index in [9.17, 15) is 0 Å². The summed E-state index contributed by atoms with van der Waals surface area (Å²) in [7, 11) is 0. The van der Waals surface area contributed by atoms with Crippen LogP contribution in [0.1, 0.15) is 13.8 Å². The van der Waals surface area contributed by atoms with E-state index in [2.05, 4.69) is 0 Å². The second kappa shape index (κ2) is 4.01. The summed E-state index contributed by atoms with van der Waals surface area (Å²) in [5, 5.41) is 1.07. The minimum atomic E-state index is 0.155. The molecule has 0 fully saturated rings. The Balaban J connectivity index is 2.82. The number of halogens is 2. The fraction of sp³-hybridized carbons (Fsp3) is 0.333. The molecule has 1 nitrogen and oxygen atoms in total. The molecule has 12 heavy (non-hydrogen) atoms. The third kappa shape index (κ3) is 2.58. The fourth-order valence-corrected chi connectivity index (χ4v) is 1.11. The van der Waals surface area contributed by atoms with Crippen molar-refractivity contribution in [3.05, 3.63) is 28.2 Å². The van der Waals surface area contributed by atoms with Gasteiger partial charge in [-0.2, -0.15) is 0 Å². The van der Waals surface area contributed by atoms with Crippen molar-refractivity contribution in [2.24, 2.45) is 0 Å². The minimum Gasteiger partial charge on any atom is -0.491 e. The Morgan fingerprint density at radius 1 is 1.17 bits per heavy atom. The summed E-state index contributed by atoms with van der Waals surface area (Å²) in [5.41, 5.74) is 0. The first kappa shape index (κ1) is 9.69. The molecule has 3 heteroatoms. The van der Waals surface area contributed by atoms with Crippen molar-refractivity contribution >= 4 is 23.2 Å². The largest absolute Gasteiger partial charge is 0.491 e. The first-order valence-electron chi connectivity index (χ1n) is 3.71. The zero-order valence-electron chi connectivity index (χ0n) is 6.97. The van der Waals surface area contributed by atoms with Gasteiger partial charge in [0.25, 0.3) is 0 Å². The molecule has 1 aromatic carbocycles. The van der Waals surface area contributed by atoms with Gasteiger partial charge < -0.3 is 4.74 Å². The average molecular weight is 205 g/mol. The molecule has 66 valence electrons. The molecule has 0 spiro atoms. The highest BCUT2D eigenvalue weighted by Crippen LogP contribution is 2.26. The fourth-order valence-electron chi connectivity index (χ4n) is 0.822. The van der Waals surface area contributed by atoms with Crippen LogP contribution < -0.4 is 4.74 Å². The van der Waals surface area contributed by atoms with Crippen LogP contribution in [-0.4, -0.2) is 6.10 Å². The Kier molecular flexibility index (Phi) is 3.24. The minimum absolute atomic E-state index is 0.155. The zero-order valence-corrected chi connectivity index (χ0v) is 8.49. The van der Waals surface area contributed by atoms with Crippen molar-refractivity contribution in [1.82, 2.24) is 0 Å². The molecule has 0 aromatic heterocycles. The predicted molar refractivity (Wildman–Crippen MR) is 52.2 cm³/mol. The van der Waals surface area contributed by atoms with E-state index in [4.69, 9.17) is 27.9 Å². The number of benzene rings is 1. The Morgan fingerprint density at radius 2 is 1.83 bits per heavy atom. The second-order valence-corrected chi connectivity index (χ2v) is 3.56. The maximum absolute atomic E-state index is 5.79. The van der Waals surface area contributed by atoms with Crippen LogP contribution in [0.15, 0.2) is 18.2 Å². The van der Waals surface area contributed by atoms with Crippen LogP contribution in [0.4, 0.5) is 0 Å². The lowest BCUT2D eigenvalue weighted by Crippen LogP contribution is -2.05. The van der Waals surface area contributed by atoms with Crippen molar-refractivity contribution in [3.8, 4) is 5.75 Å². The van der Waals surface area contributed by atoms with Crippen molar-refractivity contribution in [3.63, 3.8) is 0 Å². The molecule has 0 radical (unpaired) electrons. The molecule has 0 amide bonds. The third-order valence-corrected chi connectivity index (χ3v) is 2.00. The zero-order chi connectivity index (χ0) is 9.14. The van der Waals surface area contributed by atoms with E-state index >= 15 is 0 Å². The molecule has 0 atom stereocenters. The summed E-state index contributed by atoms with van der Waals surface area (Å²) in [5.74, 6) is 0.749. The van der Waals surface area contributed by atoms with Gasteiger partial charge in [0.1, 0.15) is 5.75 Å². The Labute approximate surface area is 82.2 Å². The maximum atomic E-state index is 5.79. The van der Waals surface area contributed by atoms with Gasteiger partial charge in [-0.15, -0.1) is 0 Å². The Hall–Kier alpha value is -0.400. The van der Waals surface area contributed by atoms with E-state index in [0.717, 1.165) is 5.75 Å². The molecule has 0 heterocycles. The van der Waals surface area contributed by atoms with Crippen LogP contribution in [-0.2, 0) is 0 Å². The molecule has 1 aromatic rings. The summed E-state index contributed by atoms with van der Waals surface area (Å²) in [6.45, 7) is 3.92. The highest BCUT2D eigenvalue weighted by Gasteiger charge is 2.01. The topological polar surface area (TPSA) is 9.23 Å². The number of rotatable bonds is 2. The van der Waals surface area contributed by atoms with Gasteiger partial charge in [0.05, 0.1) is 16.1 Å². The summed E-state index contributed by atoms with van der Waals surface area (Å²) in [6, 6.07) is 5.24. The molecule has 0 aliphatic heterocycles. The van der Waals surface area contributed by atoms with Gasteiger partial charge >= 0.3 is 0 Å². The molecule has 0 aliphatic rings. The van der Waals surface area contributed by atoms with Crippen LogP contribution in [0, 0.1) is 0 Å². The molecule has 0 aliphatic carbocycles. The highest BCUT2D eigenvalue weighted by atomic mass is 35.5. The average Bonchev–Trinajstić information content (AvgIpc) is 1.96.